The number of rotatable bonds is 5. The van der Waals surface area contributed by atoms with Crippen LogP contribution >= 0.6 is 22.6 Å². The number of nitrogens with one attached hydrogen (secondary N) is 1. The molecule has 0 radical (unpaired) electrons. The Bertz CT molecular complexity index is 772. The Morgan fingerprint density at radius 3 is 2.65 bits per heavy atom. The van der Waals surface area contributed by atoms with Gasteiger partial charge in [-0.3, -0.25) is 9.59 Å². The molecule has 0 unspecified atom stereocenters. The van der Waals surface area contributed by atoms with E-state index in [0.717, 1.165) is 9.13 Å². The number of benzene rings is 2. The summed E-state index contributed by atoms with van der Waals surface area (Å²) < 4.78 is 6.07. The van der Waals surface area contributed by atoms with E-state index in [0.29, 0.717) is 11.4 Å². The lowest BCUT2D eigenvalue weighted by Gasteiger charge is -2.08. The molecule has 0 heterocycles. The van der Waals surface area contributed by atoms with Crippen LogP contribution in [0.2, 0.25) is 0 Å². The fourth-order valence-corrected chi connectivity index (χ4v) is 2.46. The number of primary amides is 1. The largest absolute Gasteiger partial charge is 0.496 e. The maximum Gasteiger partial charge on any atom is 0.250 e. The van der Waals surface area contributed by atoms with Gasteiger partial charge in [-0.15, -0.1) is 0 Å². The Morgan fingerprint density at radius 1 is 1.22 bits per heavy atom. The van der Waals surface area contributed by atoms with Crippen LogP contribution in [-0.2, 0) is 4.79 Å². The van der Waals surface area contributed by atoms with E-state index in [2.05, 4.69) is 27.9 Å². The minimum atomic E-state index is -0.590. The fourth-order valence-electron chi connectivity index (χ4n) is 1.97. The number of hydrogen-bond acceptors (Lipinski definition) is 3. The highest BCUT2D eigenvalue weighted by Gasteiger charge is 2.10. The Balaban J connectivity index is 2.17. The minimum absolute atomic E-state index is 0.274. The maximum absolute atomic E-state index is 12.1. The summed E-state index contributed by atoms with van der Waals surface area (Å²) in [6, 6.07) is 12.4. The molecule has 0 aliphatic heterocycles. The van der Waals surface area contributed by atoms with Crippen molar-refractivity contribution in [3.8, 4) is 5.75 Å². The van der Waals surface area contributed by atoms with Crippen molar-refractivity contribution in [1.29, 1.82) is 0 Å². The van der Waals surface area contributed by atoms with E-state index in [1.54, 1.807) is 31.4 Å². The SMILES string of the molecule is COc1ccccc1/C=C/C(=O)Nc1ccc(I)cc1C(N)=O. The van der Waals surface area contributed by atoms with Gasteiger partial charge >= 0.3 is 0 Å². The lowest BCUT2D eigenvalue weighted by molar-refractivity contribution is -0.111. The van der Waals surface area contributed by atoms with Crippen LogP contribution in [0.1, 0.15) is 15.9 Å². The van der Waals surface area contributed by atoms with Crippen molar-refractivity contribution in [3.63, 3.8) is 0 Å². The van der Waals surface area contributed by atoms with Crippen LogP contribution in [0.15, 0.2) is 48.5 Å². The molecule has 0 saturated carbocycles. The molecule has 118 valence electrons. The van der Waals surface area contributed by atoms with Crippen LogP contribution in [0.5, 0.6) is 5.75 Å². The number of anilines is 1. The molecule has 0 aromatic heterocycles. The average molecular weight is 422 g/mol. The number of carbonyl (C=O) groups is 2. The summed E-state index contributed by atoms with van der Waals surface area (Å²) in [4.78, 5) is 23.5. The fraction of sp³-hybridized carbons (Fsp3) is 0.0588. The van der Waals surface area contributed by atoms with Gasteiger partial charge in [0, 0.05) is 15.2 Å². The molecule has 2 amide bonds. The lowest BCUT2D eigenvalue weighted by atomic mass is 10.1. The van der Waals surface area contributed by atoms with Gasteiger partial charge in [0.2, 0.25) is 5.91 Å². The quantitative estimate of drug-likeness (QED) is 0.574. The Morgan fingerprint density at radius 2 is 1.96 bits per heavy atom. The third-order valence-corrected chi connectivity index (χ3v) is 3.73. The molecule has 0 saturated heterocycles. The monoisotopic (exact) mass is 422 g/mol. The average Bonchev–Trinajstić information content (AvgIpc) is 2.54. The second-order valence-corrected chi connectivity index (χ2v) is 5.86. The van der Waals surface area contributed by atoms with Crippen molar-refractivity contribution < 1.29 is 14.3 Å². The van der Waals surface area contributed by atoms with E-state index in [9.17, 15) is 9.59 Å². The van der Waals surface area contributed by atoms with Crippen molar-refractivity contribution in [2.45, 2.75) is 0 Å². The smallest absolute Gasteiger partial charge is 0.250 e. The Labute approximate surface area is 147 Å². The number of halogens is 1. The third kappa shape index (κ3) is 4.56. The molecule has 3 N–H and O–H groups in total. The summed E-state index contributed by atoms with van der Waals surface area (Å²) in [6.07, 6.45) is 3.02. The van der Waals surface area contributed by atoms with Crippen molar-refractivity contribution in [2.75, 3.05) is 12.4 Å². The first-order chi connectivity index (χ1) is 11.0. The maximum atomic E-state index is 12.1. The molecule has 0 bridgehead atoms. The topological polar surface area (TPSA) is 81.4 Å². The van der Waals surface area contributed by atoms with Crippen LogP contribution in [0, 0.1) is 3.57 Å². The highest BCUT2D eigenvalue weighted by Crippen LogP contribution is 2.20. The zero-order valence-corrected chi connectivity index (χ0v) is 14.5. The van der Waals surface area contributed by atoms with Gasteiger partial charge in [0.15, 0.2) is 0 Å². The van der Waals surface area contributed by atoms with E-state index < -0.39 is 5.91 Å². The van der Waals surface area contributed by atoms with E-state index in [4.69, 9.17) is 10.5 Å². The van der Waals surface area contributed by atoms with Gasteiger partial charge in [0.25, 0.3) is 5.91 Å². The molecular weight excluding hydrogens is 407 g/mol. The molecule has 6 heteroatoms. The van der Waals surface area contributed by atoms with Gasteiger partial charge in [-0.2, -0.15) is 0 Å². The first kappa shape index (κ1) is 17.0. The van der Waals surface area contributed by atoms with Crippen LogP contribution in [-0.4, -0.2) is 18.9 Å². The molecule has 2 rings (SSSR count). The molecule has 23 heavy (non-hydrogen) atoms. The molecule has 0 aliphatic rings. The van der Waals surface area contributed by atoms with Gasteiger partial charge in [0.05, 0.1) is 18.4 Å². The second kappa shape index (κ2) is 7.77. The van der Waals surface area contributed by atoms with Gasteiger partial charge in [0.1, 0.15) is 5.75 Å². The van der Waals surface area contributed by atoms with Crippen LogP contribution in [0.4, 0.5) is 5.69 Å². The van der Waals surface area contributed by atoms with Crippen molar-refractivity contribution in [2.24, 2.45) is 5.73 Å². The first-order valence-electron chi connectivity index (χ1n) is 6.72. The van der Waals surface area contributed by atoms with Crippen molar-refractivity contribution in [3.05, 3.63) is 63.2 Å². The van der Waals surface area contributed by atoms with Crippen molar-refractivity contribution >= 4 is 46.2 Å². The number of ether oxygens (including phenoxy) is 1. The number of methoxy groups -OCH3 is 1. The third-order valence-electron chi connectivity index (χ3n) is 3.06. The number of para-hydroxylation sites is 1. The van der Waals surface area contributed by atoms with E-state index in [1.807, 2.05) is 24.3 Å². The van der Waals surface area contributed by atoms with Crippen molar-refractivity contribution in [1.82, 2.24) is 0 Å². The number of nitrogens with two attached hydrogens (primary N) is 1. The zero-order valence-electron chi connectivity index (χ0n) is 12.4. The van der Waals surface area contributed by atoms with Gasteiger partial charge in [-0.05, 0) is 52.9 Å². The number of carbonyl (C=O) groups excluding carboxylic acids is 2. The Hall–Kier alpha value is -2.35. The summed E-state index contributed by atoms with van der Waals surface area (Å²) in [5.41, 5.74) is 6.77. The highest BCUT2D eigenvalue weighted by atomic mass is 127. The standard InChI is InChI=1S/C17H15IN2O3/c1-23-15-5-3-2-4-11(15)6-9-16(21)20-14-8-7-12(18)10-13(14)17(19)22/h2-10H,1H3,(H2,19,22)(H,20,21)/b9-6+. The summed E-state index contributed by atoms with van der Waals surface area (Å²) in [6.45, 7) is 0. The molecule has 0 spiro atoms. The molecule has 0 atom stereocenters. The van der Waals surface area contributed by atoms with Gasteiger partial charge < -0.3 is 15.8 Å². The lowest BCUT2D eigenvalue weighted by Crippen LogP contribution is -2.17. The predicted molar refractivity (Wildman–Crippen MR) is 98.3 cm³/mol. The summed E-state index contributed by atoms with van der Waals surface area (Å²) >= 11 is 2.07. The molecule has 2 aromatic rings. The molecular formula is C17H15IN2O3. The number of hydrogen-bond donors (Lipinski definition) is 2. The van der Waals surface area contributed by atoms with Crippen LogP contribution in [0.3, 0.4) is 0 Å². The van der Waals surface area contributed by atoms with Gasteiger partial charge in [-0.25, -0.2) is 0 Å². The van der Waals surface area contributed by atoms with E-state index >= 15 is 0 Å². The molecule has 2 aromatic carbocycles. The zero-order chi connectivity index (χ0) is 16.8. The number of amides is 2. The Kier molecular flexibility index (Phi) is 5.75. The highest BCUT2D eigenvalue weighted by molar-refractivity contribution is 14.1. The summed E-state index contributed by atoms with van der Waals surface area (Å²) in [5, 5.41) is 2.66. The first-order valence-corrected chi connectivity index (χ1v) is 7.80. The predicted octanol–water partition coefficient (Wildman–Crippen LogP) is 3.05. The molecule has 5 nitrogen and oxygen atoms in total. The van der Waals surface area contributed by atoms with Crippen LogP contribution in [0.25, 0.3) is 6.08 Å². The van der Waals surface area contributed by atoms with Crippen LogP contribution < -0.4 is 15.8 Å². The second-order valence-electron chi connectivity index (χ2n) is 4.62. The van der Waals surface area contributed by atoms with E-state index in [-0.39, 0.29) is 11.5 Å². The van der Waals surface area contributed by atoms with Gasteiger partial charge in [-0.1, -0.05) is 18.2 Å². The van der Waals surface area contributed by atoms with E-state index in [1.165, 1.54) is 6.08 Å². The minimum Gasteiger partial charge on any atom is -0.496 e. The normalized spacial score (nSPS) is 10.5. The summed E-state index contributed by atoms with van der Waals surface area (Å²) in [7, 11) is 1.57. The summed E-state index contributed by atoms with van der Waals surface area (Å²) in [5.74, 6) is -0.282. The molecule has 0 fully saturated rings. The molecule has 0 aliphatic carbocycles.